The fourth-order valence-electron chi connectivity index (χ4n) is 1.80. The smallest absolute Gasteiger partial charge is 0.244 e. The summed E-state index contributed by atoms with van der Waals surface area (Å²) in [5.41, 5.74) is 5.65. The lowest BCUT2D eigenvalue weighted by molar-refractivity contribution is -0.124. The molecule has 1 saturated heterocycles. The van der Waals surface area contributed by atoms with Crippen molar-refractivity contribution in [2.75, 3.05) is 18.5 Å². The molecule has 0 aromatic heterocycles. The molecule has 1 fully saturated rings. The van der Waals surface area contributed by atoms with Gasteiger partial charge in [0.2, 0.25) is 5.91 Å². The molecule has 0 atom stereocenters. The van der Waals surface area contributed by atoms with Crippen LogP contribution >= 0.6 is 23.2 Å². The van der Waals surface area contributed by atoms with Gasteiger partial charge in [0.25, 0.3) is 0 Å². The third-order valence-electron chi connectivity index (χ3n) is 3.01. The van der Waals surface area contributed by atoms with E-state index in [2.05, 4.69) is 5.32 Å². The van der Waals surface area contributed by atoms with Crippen LogP contribution in [0.25, 0.3) is 0 Å². The minimum absolute atomic E-state index is 0.255. The topological polar surface area (TPSA) is 64.4 Å². The first kappa shape index (κ1) is 13.6. The second kappa shape index (κ2) is 5.45. The van der Waals surface area contributed by atoms with E-state index in [0.717, 1.165) is 0 Å². The van der Waals surface area contributed by atoms with E-state index >= 15 is 0 Å². The number of carbonyl (C=O) groups is 1. The van der Waals surface area contributed by atoms with Gasteiger partial charge in [0.1, 0.15) is 5.54 Å². The lowest BCUT2D eigenvalue weighted by Gasteiger charge is -2.31. The molecule has 0 saturated carbocycles. The Bertz CT molecular complexity index is 459. The van der Waals surface area contributed by atoms with Crippen molar-refractivity contribution < 1.29 is 9.53 Å². The van der Waals surface area contributed by atoms with E-state index in [4.69, 9.17) is 33.7 Å². The fourth-order valence-corrected chi connectivity index (χ4v) is 2.14. The van der Waals surface area contributed by atoms with Gasteiger partial charge in [-0.3, -0.25) is 4.79 Å². The predicted molar refractivity (Wildman–Crippen MR) is 72.1 cm³/mol. The highest BCUT2D eigenvalue weighted by atomic mass is 35.5. The lowest BCUT2D eigenvalue weighted by atomic mass is 9.90. The van der Waals surface area contributed by atoms with Crippen LogP contribution in [-0.2, 0) is 9.53 Å². The second-order valence-corrected chi connectivity index (χ2v) is 5.19. The van der Waals surface area contributed by atoms with Gasteiger partial charge < -0.3 is 15.8 Å². The highest BCUT2D eigenvalue weighted by Crippen LogP contribution is 2.27. The van der Waals surface area contributed by atoms with Crippen molar-refractivity contribution in [3.8, 4) is 0 Å². The molecule has 4 nitrogen and oxygen atoms in total. The molecule has 0 unspecified atom stereocenters. The van der Waals surface area contributed by atoms with E-state index in [-0.39, 0.29) is 5.91 Å². The number of hydrogen-bond acceptors (Lipinski definition) is 3. The Morgan fingerprint density at radius 1 is 1.33 bits per heavy atom. The first-order valence-corrected chi connectivity index (χ1v) is 6.40. The minimum Gasteiger partial charge on any atom is -0.381 e. The Kier molecular flexibility index (Phi) is 4.12. The maximum Gasteiger partial charge on any atom is 0.244 e. The van der Waals surface area contributed by atoms with Gasteiger partial charge in [0.15, 0.2) is 0 Å². The number of nitrogens with two attached hydrogens (primary N) is 1. The van der Waals surface area contributed by atoms with Crippen LogP contribution in [0.5, 0.6) is 0 Å². The molecule has 98 valence electrons. The second-order valence-electron chi connectivity index (χ2n) is 4.35. The fraction of sp³-hybridized carbons (Fsp3) is 0.417. The molecule has 0 spiro atoms. The maximum atomic E-state index is 12.2. The molecule has 1 aromatic rings. The molecule has 0 bridgehead atoms. The molecule has 1 aliphatic heterocycles. The van der Waals surface area contributed by atoms with E-state index < -0.39 is 5.54 Å². The number of anilines is 1. The number of benzene rings is 1. The maximum absolute atomic E-state index is 12.2. The van der Waals surface area contributed by atoms with Crippen LogP contribution in [0.4, 0.5) is 5.69 Å². The van der Waals surface area contributed by atoms with Crippen LogP contribution in [0.3, 0.4) is 0 Å². The van der Waals surface area contributed by atoms with Gasteiger partial charge >= 0.3 is 0 Å². The quantitative estimate of drug-likeness (QED) is 0.879. The van der Waals surface area contributed by atoms with E-state index in [0.29, 0.717) is 41.8 Å². The predicted octanol–water partition coefficient (Wildman–Crippen LogP) is 2.44. The summed E-state index contributed by atoms with van der Waals surface area (Å²) in [5, 5.41) is 3.67. The zero-order valence-corrected chi connectivity index (χ0v) is 11.2. The van der Waals surface area contributed by atoms with Gasteiger partial charge in [-0.1, -0.05) is 23.2 Å². The van der Waals surface area contributed by atoms with Crippen molar-refractivity contribution in [1.82, 2.24) is 0 Å². The van der Waals surface area contributed by atoms with Gasteiger partial charge in [-0.15, -0.1) is 0 Å². The van der Waals surface area contributed by atoms with Crippen molar-refractivity contribution in [1.29, 1.82) is 0 Å². The zero-order valence-electron chi connectivity index (χ0n) is 9.71. The summed E-state index contributed by atoms with van der Waals surface area (Å²) in [5.74, 6) is -0.255. The Morgan fingerprint density at radius 2 is 2.00 bits per heavy atom. The molecule has 1 aliphatic rings. The van der Waals surface area contributed by atoms with E-state index in [1.165, 1.54) is 0 Å². The summed E-state index contributed by atoms with van der Waals surface area (Å²) in [6.07, 6.45) is 0.994. The number of nitrogens with one attached hydrogen (secondary N) is 1. The number of halogens is 2. The molecular formula is C12H14Cl2N2O2. The minimum atomic E-state index is -0.899. The molecule has 0 radical (unpaired) electrons. The van der Waals surface area contributed by atoms with Crippen molar-refractivity contribution in [3.05, 3.63) is 28.2 Å². The number of ether oxygens (including phenoxy) is 1. The molecule has 18 heavy (non-hydrogen) atoms. The summed E-state index contributed by atoms with van der Waals surface area (Å²) in [4.78, 5) is 12.2. The number of amides is 1. The molecule has 3 N–H and O–H groups in total. The third kappa shape index (κ3) is 2.95. The van der Waals surface area contributed by atoms with Crippen LogP contribution in [0.2, 0.25) is 10.0 Å². The Hall–Kier alpha value is -0.810. The summed E-state index contributed by atoms with van der Waals surface area (Å²) in [7, 11) is 0. The van der Waals surface area contributed by atoms with Crippen LogP contribution < -0.4 is 11.1 Å². The molecule has 1 aromatic carbocycles. The molecule has 1 heterocycles. The molecule has 0 aliphatic carbocycles. The first-order chi connectivity index (χ1) is 8.51. The lowest BCUT2D eigenvalue weighted by Crippen LogP contribution is -2.54. The summed E-state index contributed by atoms with van der Waals surface area (Å²) >= 11 is 11.8. The normalized spacial score (nSPS) is 18.4. The van der Waals surface area contributed by atoms with E-state index in [9.17, 15) is 4.79 Å². The third-order valence-corrected chi connectivity index (χ3v) is 3.58. The van der Waals surface area contributed by atoms with Gasteiger partial charge in [-0.25, -0.2) is 0 Å². The summed E-state index contributed by atoms with van der Waals surface area (Å²) < 4.78 is 5.20. The monoisotopic (exact) mass is 288 g/mol. The van der Waals surface area contributed by atoms with Crippen LogP contribution in [0, 0.1) is 0 Å². The van der Waals surface area contributed by atoms with Gasteiger partial charge in [0, 0.05) is 18.2 Å². The Labute approximate surface area is 115 Å². The van der Waals surface area contributed by atoms with Gasteiger partial charge in [0.05, 0.1) is 10.7 Å². The number of hydrogen-bond donors (Lipinski definition) is 2. The summed E-state index contributed by atoms with van der Waals surface area (Å²) in [6.45, 7) is 0.987. The molecule has 2 rings (SSSR count). The summed E-state index contributed by atoms with van der Waals surface area (Å²) in [6, 6.07) is 4.89. The van der Waals surface area contributed by atoms with Gasteiger partial charge in [-0.2, -0.15) is 0 Å². The van der Waals surface area contributed by atoms with E-state index in [1.54, 1.807) is 18.2 Å². The van der Waals surface area contributed by atoms with Gasteiger partial charge in [-0.05, 0) is 31.0 Å². The van der Waals surface area contributed by atoms with E-state index in [1.807, 2.05) is 0 Å². The van der Waals surface area contributed by atoms with Crippen molar-refractivity contribution >= 4 is 34.8 Å². The molecule has 6 heteroatoms. The highest BCUT2D eigenvalue weighted by Gasteiger charge is 2.36. The van der Waals surface area contributed by atoms with Crippen molar-refractivity contribution in [3.63, 3.8) is 0 Å². The first-order valence-electron chi connectivity index (χ1n) is 5.64. The molecular weight excluding hydrogens is 275 g/mol. The van der Waals surface area contributed by atoms with Crippen molar-refractivity contribution in [2.24, 2.45) is 5.73 Å². The van der Waals surface area contributed by atoms with Crippen molar-refractivity contribution in [2.45, 2.75) is 18.4 Å². The number of rotatable bonds is 2. The SMILES string of the molecule is NC1(C(=O)Nc2cc(Cl)ccc2Cl)CCOCC1. The van der Waals surface area contributed by atoms with Crippen LogP contribution in [-0.4, -0.2) is 24.7 Å². The Morgan fingerprint density at radius 3 is 2.67 bits per heavy atom. The number of carbonyl (C=O) groups excluding carboxylic acids is 1. The average Bonchev–Trinajstić information content (AvgIpc) is 2.35. The average molecular weight is 289 g/mol. The standard InChI is InChI=1S/C12H14Cl2N2O2/c13-8-1-2-9(14)10(7-8)16-11(17)12(15)3-5-18-6-4-12/h1-2,7H,3-6,15H2,(H,16,17). The van der Waals surface area contributed by atoms with Crippen LogP contribution in [0.1, 0.15) is 12.8 Å². The highest BCUT2D eigenvalue weighted by molar-refractivity contribution is 6.35. The zero-order chi connectivity index (χ0) is 13.2. The molecule has 1 amide bonds. The Balaban J connectivity index is 2.13. The van der Waals surface area contributed by atoms with Crippen LogP contribution in [0.15, 0.2) is 18.2 Å². The largest absolute Gasteiger partial charge is 0.381 e.